The molecular formula is C16H16Cl2O. The van der Waals surface area contributed by atoms with Gasteiger partial charge in [-0.1, -0.05) is 35.9 Å². The first-order chi connectivity index (χ1) is 9.11. The summed E-state index contributed by atoms with van der Waals surface area (Å²) < 4.78 is 5.88. The summed E-state index contributed by atoms with van der Waals surface area (Å²) in [5.41, 5.74) is 4.27. The zero-order chi connectivity index (χ0) is 13.8. The Hall–Kier alpha value is -1.18. The Morgan fingerprint density at radius 3 is 2.63 bits per heavy atom. The van der Waals surface area contributed by atoms with Gasteiger partial charge in [-0.25, -0.2) is 0 Å². The topological polar surface area (TPSA) is 9.23 Å². The van der Waals surface area contributed by atoms with Crippen LogP contribution in [0.15, 0.2) is 36.4 Å². The highest BCUT2D eigenvalue weighted by Crippen LogP contribution is 2.25. The first-order valence-electron chi connectivity index (χ1n) is 6.14. The van der Waals surface area contributed by atoms with Crippen LogP contribution in [0.25, 0.3) is 0 Å². The third kappa shape index (κ3) is 3.43. The van der Waals surface area contributed by atoms with Gasteiger partial charge in [0, 0.05) is 16.5 Å². The van der Waals surface area contributed by atoms with E-state index < -0.39 is 0 Å². The number of hydrogen-bond donors (Lipinski definition) is 0. The predicted octanol–water partition coefficient (Wildman–Crippen LogP) is 5.27. The summed E-state index contributed by atoms with van der Waals surface area (Å²) in [6.45, 7) is 4.52. The molecular weight excluding hydrogens is 279 g/mol. The zero-order valence-corrected chi connectivity index (χ0v) is 12.6. The second-order valence-corrected chi connectivity index (χ2v) is 5.24. The minimum atomic E-state index is 0.437. The lowest BCUT2D eigenvalue weighted by Crippen LogP contribution is -2.01. The van der Waals surface area contributed by atoms with Gasteiger partial charge in [-0.05, 0) is 42.7 Å². The van der Waals surface area contributed by atoms with E-state index >= 15 is 0 Å². The molecule has 0 saturated carbocycles. The van der Waals surface area contributed by atoms with E-state index in [1.165, 1.54) is 5.56 Å². The fraction of sp³-hybridized carbons (Fsp3) is 0.250. The van der Waals surface area contributed by atoms with E-state index in [0.29, 0.717) is 17.5 Å². The van der Waals surface area contributed by atoms with E-state index in [1.54, 1.807) is 0 Å². The molecule has 0 N–H and O–H groups in total. The normalized spacial score (nSPS) is 10.5. The van der Waals surface area contributed by atoms with Crippen molar-refractivity contribution in [2.45, 2.75) is 26.3 Å². The highest BCUT2D eigenvalue weighted by atomic mass is 35.5. The summed E-state index contributed by atoms with van der Waals surface area (Å²) in [4.78, 5) is 0. The van der Waals surface area contributed by atoms with Crippen molar-refractivity contribution in [1.29, 1.82) is 0 Å². The monoisotopic (exact) mass is 294 g/mol. The standard InChI is InChI=1S/C16H16Cl2O/c1-11-6-7-12(2)16(8-11)19-10-14-13(9-17)4-3-5-15(14)18/h3-8H,9-10H2,1-2H3. The lowest BCUT2D eigenvalue weighted by atomic mass is 10.1. The summed E-state index contributed by atoms with van der Waals surface area (Å²) >= 11 is 12.1. The van der Waals surface area contributed by atoms with Gasteiger partial charge < -0.3 is 4.74 Å². The fourth-order valence-electron chi connectivity index (χ4n) is 1.90. The molecule has 0 aliphatic rings. The smallest absolute Gasteiger partial charge is 0.122 e. The highest BCUT2D eigenvalue weighted by molar-refractivity contribution is 6.31. The molecule has 0 atom stereocenters. The summed E-state index contributed by atoms with van der Waals surface area (Å²) in [6.07, 6.45) is 0. The van der Waals surface area contributed by atoms with Crippen molar-refractivity contribution in [3.05, 3.63) is 63.7 Å². The molecule has 100 valence electrons. The molecule has 0 amide bonds. The lowest BCUT2D eigenvalue weighted by molar-refractivity contribution is 0.303. The molecule has 0 aromatic heterocycles. The minimum absolute atomic E-state index is 0.437. The molecule has 2 aromatic rings. The molecule has 0 heterocycles. The second kappa shape index (κ2) is 6.31. The summed E-state index contributed by atoms with van der Waals surface area (Å²) in [6, 6.07) is 11.9. The van der Waals surface area contributed by atoms with Crippen LogP contribution in [0.5, 0.6) is 5.75 Å². The van der Waals surface area contributed by atoms with Gasteiger partial charge >= 0.3 is 0 Å². The molecule has 0 radical (unpaired) electrons. The predicted molar refractivity (Wildman–Crippen MR) is 81.3 cm³/mol. The molecule has 2 rings (SSSR count). The molecule has 0 unspecified atom stereocenters. The van der Waals surface area contributed by atoms with Crippen molar-refractivity contribution in [1.82, 2.24) is 0 Å². The first-order valence-corrected chi connectivity index (χ1v) is 7.05. The molecule has 0 spiro atoms. The number of hydrogen-bond acceptors (Lipinski definition) is 1. The fourth-order valence-corrected chi connectivity index (χ4v) is 2.40. The quantitative estimate of drug-likeness (QED) is 0.698. The summed E-state index contributed by atoms with van der Waals surface area (Å²) in [7, 11) is 0. The third-order valence-electron chi connectivity index (χ3n) is 3.08. The maximum atomic E-state index is 6.21. The first kappa shape index (κ1) is 14.2. The zero-order valence-electron chi connectivity index (χ0n) is 11.0. The lowest BCUT2D eigenvalue weighted by Gasteiger charge is -2.13. The van der Waals surface area contributed by atoms with E-state index in [0.717, 1.165) is 22.4 Å². The van der Waals surface area contributed by atoms with Gasteiger partial charge in [0.1, 0.15) is 12.4 Å². The van der Waals surface area contributed by atoms with Crippen LogP contribution in [0.3, 0.4) is 0 Å². The van der Waals surface area contributed by atoms with Gasteiger partial charge in [0.15, 0.2) is 0 Å². The summed E-state index contributed by atoms with van der Waals surface area (Å²) in [5, 5.41) is 0.698. The van der Waals surface area contributed by atoms with Crippen LogP contribution in [0.4, 0.5) is 0 Å². The molecule has 0 saturated heterocycles. The van der Waals surface area contributed by atoms with Crippen LogP contribution < -0.4 is 4.74 Å². The van der Waals surface area contributed by atoms with Crippen LogP contribution in [-0.2, 0) is 12.5 Å². The Kier molecular flexibility index (Phi) is 4.73. The van der Waals surface area contributed by atoms with Crippen LogP contribution in [0.2, 0.25) is 5.02 Å². The van der Waals surface area contributed by atoms with Crippen LogP contribution in [0, 0.1) is 13.8 Å². The van der Waals surface area contributed by atoms with Gasteiger partial charge in [0.05, 0.1) is 0 Å². The van der Waals surface area contributed by atoms with Crippen molar-refractivity contribution in [2.75, 3.05) is 0 Å². The van der Waals surface area contributed by atoms with Crippen LogP contribution >= 0.6 is 23.2 Å². The second-order valence-electron chi connectivity index (χ2n) is 4.57. The Morgan fingerprint density at radius 1 is 1.11 bits per heavy atom. The van der Waals surface area contributed by atoms with Crippen molar-refractivity contribution in [2.24, 2.45) is 0 Å². The van der Waals surface area contributed by atoms with E-state index in [9.17, 15) is 0 Å². The number of halogens is 2. The molecule has 0 fully saturated rings. The molecule has 0 aliphatic heterocycles. The van der Waals surface area contributed by atoms with E-state index in [1.807, 2.05) is 38.1 Å². The van der Waals surface area contributed by atoms with Gasteiger partial charge in [0.25, 0.3) is 0 Å². The molecule has 2 aromatic carbocycles. The molecule has 3 heteroatoms. The number of alkyl halides is 1. The van der Waals surface area contributed by atoms with Gasteiger partial charge in [0.2, 0.25) is 0 Å². The van der Waals surface area contributed by atoms with Crippen LogP contribution in [-0.4, -0.2) is 0 Å². The maximum Gasteiger partial charge on any atom is 0.122 e. The Morgan fingerprint density at radius 2 is 1.89 bits per heavy atom. The summed E-state index contributed by atoms with van der Waals surface area (Å²) in [5.74, 6) is 1.33. The molecule has 19 heavy (non-hydrogen) atoms. The van der Waals surface area contributed by atoms with Crippen molar-refractivity contribution in [3.63, 3.8) is 0 Å². The Balaban J connectivity index is 2.21. The molecule has 0 aliphatic carbocycles. The molecule has 1 nitrogen and oxygen atoms in total. The minimum Gasteiger partial charge on any atom is -0.489 e. The maximum absolute atomic E-state index is 6.21. The number of rotatable bonds is 4. The van der Waals surface area contributed by atoms with Gasteiger partial charge in [-0.2, -0.15) is 0 Å². The highest BCUT2D eigenvalue weighted by Gasteiger charge is 2.08. The average Bonchev–Trinajstić information content (AvgIpc) is 2.40. The average molecular weight is 295 g/mol. The largest absolute Gasteiger partial charge is 0.489 e. The van der Waals surface area contributed by atoms with Crippen molar-refractivity contribution >= 4 is 23.2 Å². The third-order valence-corrected chi connectivity index (χ3v) is 3.72. The van der Waals surface area contributed by atoms with Gasteiger partial charge in [-0.15, -0.1) is 11.6 Å². The van der Waals surface area contributed by atoms with E-state index in [4.69, 9.17) is 27.9 Å². The van der Waals surface area contributed by atoms with Crippen LogP contribution in [0.1, 0.15) is 22.3 Å². The molecule has 0 bridgehead atoms. The number of aryl methyl sites for hydroxylation is 2. The number of benzene rings is 2. The van der Waals surface area contributed by atoms with E-state index in [-0.39, 0.29) is 0 Å². The Bertz CT molecular complexity index is 579. The SMILES string of the molecule is Cc1ccc(C)c(OCc2c(Cl)cccc2CCl)c1. The van der Waals surface area contributed by atoms with Gasteiger partial charge in [-0.3, -0.25) is 0 Å². The van der Waals surface area contributed by atoms with E-state index in [2.05, 4.69) is 12.1 Å². The van der Waals surface area contributed by atoms with Crippen molar-refractivity contribution in [3.8, 4) is 5.75 Å². The number of ether oxygens (including phenoxy) is 1. The van der Waals surface area contributed by atoms with Crippen molar-refractivity contribution < 1.29 is 4.74 Å². The Labute approximate surface area is 124 Å².